The summed E-state index contributed by atoms with van der Waals surface area (Å²) >= 11 is 0. The van der Waals surface area contributed by atoms with Crippen LogP contribution < -0.4 is 9.69 Å². The van der Waals surface area contributed by atoms with Gasteiger partial charge in [-0.2, -0.15) is 5.01 Å². The topological polar surface area (TPSA) is 70.5 Å². The van der Waals surface area contributed by atoms with E-state index >= 15 is 0 Å². The van der Waals surface area contributed by atoms with Crippen molar-refractivity contribution in [2.45, 2.75) is 39.8 Å². The summed E-state index contributed by atoms with van der Waals surface area (Å²) in [6, 6.07) is 16.5. The van der Waals surface area contributed by atoms with E-state index in [9.17, 15) is 9.59 Å². The molecule has 188 valence electrons. The first-order chi connectivity index (χ1) is 17.1. The van der Waals surface area contributed by atoms with Gasteiger partial charge in [0.2, 0.25) is 11.7 Å². The van der Waals surface area contributed by atoms with Crippen molar-refractivity contribution in [2.75, 3.05) is 26.2 Å². The Morgan fingerprint density at radius 1 is 0.861 bits per heavy atom. The van der Waals surface area contributed by atoms with Crippen molar-refractivity contribution in [3.8, 4) is 0 Å². The third kappa shape index (κ3) is 4.63. The highest BCUT2D eigenvalue weighted by Crippen LogP contribution is 2.30. The van der Waals surface area contributed by atoms with Crippen LogP contribution in [0.4, 0.5) is 0 Å². The third-order valence-corrected chi connectivity index (χ3v) is 6.66. The van der Waals surface area contributed by atoms with Gasteiger partial charge in [-0.05, 0) is 38.4 Å². The summed E-state index contributed by atoms with van der Waals surface area (Å²) < 4.78 is 7.57. The molecule has 0 N–H and O–H groups in total. The minimum absolute atomic E-state index is 0.0287. The van der Waals surface area contributed by atoms with Crippen molar-refractivity contribution >= 4 is 33.4 Å². The number of likely N-dealkylation sites (N-methyl/N-ethyl adjacent to an activating group) is 2. The van der Waals surface area contributed by atoms with Crippen LogP contribution in [0.15, 0.2) is 65.3 Å². The van der Waals surface area contributed by atoms with E-state index in [2.05, 4.69) is 11.2 Å². The zero-order chi connectivity index (χ0) is 26.1. The molecule has 36 heavy (non-hydrogen) atoms. The lowest BCUT2D eigenvalue weighted by molar-refractivity contribution is -0.668. The molecule has 0 bridgehead atoms. The lowest BCUT2D eigenvalue weighted by Gasteiger charge is -2.27. The van der Waals surface area contributed by atoms with E-state index in [1.54, 1.807) is 0 Å². The molecule has 0 aliphatic carbocycles. The maximum atomic E-state index is 13.7. The van der Waals surface area contributed by atoms with E-state index in [4.69, 9.17) is 4.52 Å². The van der Waals surface area contributed by atoms with Crippen molar-refractivity contribution in [3.63, 3.8) is 0 Å². The van der Waals surface area contributed by atoms with Gasteiger partial charge in [-0.3, -0.25) is 14.5 Å². The minimum Gasteiger partial charge on any atom is -0.356 e. The Hall–Kier alpha value is -3.58. The van der Waals surface area contributed by atoms with Crippen molar-refractivity contribution in [1.29, 1.82) is 0 Å². The molecular formula is C29H35N4O3+. The minimum atomic E-state index is -0.684. The van der Waals surface area contributed by atoms with Crippen LogP contribution in [-0.2, 0) is 9.59 Å². The number of carbonyl (C=O) groups is 2. The first kappa shape index (κ1) is 25.5. The summed E-state index contributed by atoms with van der Waals surface area (Å²) in [5.41, 5.74) is 3.01. The maximum Gasteiger partial charge on any atom is 0.242 e. The molecule has 0 fully saturated rings. The Labute approximate surface area is 212 Å². The molecule has 0 spiro atoms. The Bertz CT molecular complexity index is 1410. The Balaban J connectivity index is 1.94. The van der Waals surface area contributed by atoms with Crippen LogP contribution >= 0.6 is 0 Å². The van der Waals surface area contributed by atoms with Crippen LogP contribution in [0, 0.1) is 11.8 Å². The SMILES string of the molecule is CC(C)C(=O)C(c1cc2ccccc2[n+](N(C)C(C(=O)C(C)C)c2noc3ccccc23)c1)N(C)C. The van der Waals surface area contributed by atoms with Crippen LogP contribution in [0.5, 0.6) is 0 Å². The van der Waals surface area contributed by atoms with Crippen LogP contribution in [-0.4, -0.2) is 42.8 Å². The molecule has 2 atom stereocenters. The molecule has 2 aromatic carbocycles. The Kier molecular flexibility index (Phi) is 7.22. The second-order valence-electron chi connectivity index (χ2n) is 10.2. The van der Waals surface area contributed by atoms with Gasteiger partial charge in [-0.15, -0.1) is 0 Å². The monoisotopic (exact) mass is 487 g/mol. The average molecular weight is 488 g/mol. The molecule has 7 nitrogen and oxygen atoms in total. The normalized spacial score (nSPS) is 13.6. The molecule has 0 saturated heterocycles. The number of pyridine rings is 1. The zero-order valence-corrected chi connectivity index (χ0v) is 22.1. The molecule has 7 heteroatoms. The molecule has 2 unspecified atom stereocenters. The van der Waals surface area contributed by atoms with Gasteiger partial charge in [0, 0.05) is 34.2 Å². The molecule has 2 heterocycles. The molecule has 0 amide bonds. The molecule has 2 aromatic heterocycles. The van der Waals surface area contributed by atoms with Crippen molar-refractivity contribution in [3.05, 3.63) is 72.1 Å². The number of carbonyl (C=O) groups excluding carboxylic acids is 2. The number of rotatable bonds is 9. The summed E-state index contributed by atoms with van der Waals surface area (Å²) in [5.74, 6) is -0.172. The summed E-state index contributed by atoms with van der Waals surface area (Å²) in [6.45, 7) is 7.64. The van der Waals surface area contributed by atoms with Crippen molar-refractivity contribution in [2.24, 2.45) is 11.8 Å². The van der Waals surface area contributed by atoms with Gasteiger partial charge in [0.05, 0.1) is 13.1 Å². The largest absolute Gasteiger partial charge is 0.356 e. The molecule has 0 radical (unpaired) electrons. The molecule has 4 rings (SSSR count). The summed E-state index contributed by atoms with van der Waals surface area (Å²) in [7, 11) is 5.72. The standard InChI is InChI=1S/C29H35N4O3/c1-18(2)28(34)26(31(5)6)21-16-20-12-8-10-14-23(20)33(17-21)32(7)27(29(35)19(3)4)25-22-13-9-11-15-24(22)36-30-25/h8-19,26-27H,1-7H3/q+1. The second-order valence-corrected chi connectivity index (χ2v) is 10.2. The molecule has 0 aliphatic heterocycles. The number of ketones is 2. The fraction of sp³-hybridized carbons (Fsp3) is 0.379. The zero-order valence-electron chi connectivity index (χ0n) is 22.1. The van der Waals surface area contributed by atoms with Gasteiger partial charge in [-0.25, -0.2) is 0 Å². The fourth-order valence-electron chi connectivity index (χ4n) is 4.73. The van der Waals surface area contributed by atoms with Crippen molar-refractivity contribution in [1.82, 2.24) is 10.1 Å². The number of nitrogens with zero attached hydrogens (tertiary/aromatic N) is 4. The predicted octanol–water partition coefficient (Wildman–Crippen LogP) is 4.63. The van der Waals surface area contributed by atoms with Gasteiger partial charge in [0.25, 0.3) is 0 Å². The quantitative estimate of drug-likeness (QED) is 0.321. The Morgan fingerprint density at radius 3 is 2.14 bits per heavy atom. The van der Waals surface area contributed by atoms with E-state index in [-0.39, 0.29) is 23.4 Å². The van der Waals surface area contributed by atoms with Gasteiger partial charge < -0.3 is 4.52 Å². The van der Waals surface area contributed by atoms with Crippen LogP contribution in [0.1, 0.15) is 51.0 Å². The third-order valence-electron chi connectivity index (χ3n) is 6.66. The number of para-hydroxylation sites is 2. The summed E-state index contributed by atoms with van der Waals surface area (Å²) in [6.07, 6.45) is 1.97. The fourth-order valence-corrected chi connectivity index (χ4v) is 4.73. The predicted molar refractivity (Wildman–Crippen MR) is 141 cm³/mol. The molecule has 0 saturated carbocycles. The van der Waals surface area contributed by atoms with E-state index in [0.29, 0.717) is 11.3 Å². The first-order valence-corrected chi connectivity index (χ1v) is 12.4. The van der Waals surface area contributed by atoms with Crippen LogP contribution in [0.25, 0.3) is 21.9 Å². The number of benzene rings is 2. The lowest BCUT2D eigenvalue weighted by Crippen LogP contribution is -2.59. The first-order valence-electron chi connectivity index (χ1n) is 12.4. The Morgan fingerprint density at radius 2 is 1.47 bits per heavy atom. The van der Waals surface area contributed by atoms with Crippen LogP contribution in [0.2, 0.25) is 0 Å². The van der Waals surface area contributed by atoms with Crippen LogP contribution in [0.3, 0.4) is 0 Å². The van der Waals surface area contributed by atoms with Crippen molar-refractivity contribution < 1.29 is 18.8 Å². The van der Waals surface area contributed by atoms with E-state index < -0.39 is 12.1 Å². The lowest BCUT2D eigenvalue weighted by atomic mass is 9.94. The molecule has 4 aromatic rings. The highest BCUT2D eigenvalue weighted by atomic mass is 16.5. The van der Waals surface area contributed by atoms with Gasteiger partial charge in [0.15, 0.2) is 23.2 Å². The van der Waals surface area contributed by atoms with Gasteiger partial charge in [-0.1, -0.05) is 61.8 Å². The summed E-state index contributed by atoms with van der Waals surface area (Å²) in [4.78, 5) is 28.8. The highest BCUT2D eigenvalue weighted by Gasteiger charge is 2.38. The van der Waals surface area contributed by atoms with Gasteiger partial charge >= 0.3 is 0 Å². The average Bonchev–Trinajstić information content (AvgIpc) is 3.27. The number of hydrogen-bond donors (Lipinski definition) is 0. The maximum absolute atomic E-state index is 13.7. The molecular weight excluding hydrogens is 452 g/mol. The number of hydrogen-bond acceptors (Lipinski definition) is 6. The second kappa shape index (κ2) is 10.2. The highest BCUT2D eigenvalue weighted by molar-refractivity contribution is 5.93. The number of aromatic nitrogens is 2. The smallest absolute Gasteiger partial charge is 0.242 e. The number of Topliss-reactive ketones (excluding diaryl/α,β-unsaturated/α-hetero) is 2. The van der Waals surface area contributed by atoms with E-state index in [0.717, 1.165) is 21.9 Å². The van der Waals surface area contributed by atoms with Gasteiger partial charge in [0.1, 0.15) is 5.69 Å². The summed E-state index contributed by atoms with van der Waals surface area (Å²) in [5, 5.41) is 8.05. The molecule has 0 aliphatic rings. The number of fused-ring (bicyclic) bond motifs is 2. The van der Waals surface area contributed by atoms with E-state index in [1.165, 1.54) is 0 Å². The van der Waals surface area contributed by atoms with E-state index in [1.807, 2.05) is 118 Å².